The van der Waals surface area contributed by atoms with E-state index in [0.717, 1.165) is 19.0 Å². The highest BCUT2D eigenvalue weighted by molar-refractivity contribution is 7.90. The van der Waals surface area contributed by atoms with Crippen molar-refractivity contribution >= 4 is 16.2 Å². The second-order valence-electron chi connectivity index (χ2n) is 3.62. The van der Waals surface area contributed by atoms with Gasteiger partial charge in [-0.1, -0.05) is 0 Å². The molecule has 0 aromatic heterocycles. The second kappa shape index (κ2) is 3.66. The van der Waals surface area contributed by atoms with Crippen molar-refractivity contribution in [2.75, 3.05) is 0 Å². The topological polar surface area (TPSA) is 81.8 Å². The van der Waals surface area contributed by atoms with Crippen LogP contribution in [0, 0.1) is 0 Å². The number of primary sulfonamides is 1. The molecule has 0 spiro atoms. The van der Waals surface area contributed by atoms with Gasteiger partial charge in [0.1, 0.15) is 11.9 Å². The summed E-state index contributed by atoms with van der Waals surface area (Å²) in [4.78, 5) is 3.58. The average molecular weight is 234 g/mol. The Labute approximate surface area is 86.9 Å². The first-order valence-electron chi connectivity index (χ1n) is 4.54. The van der Waals surface area contributed by atoms with Gasteiger partial charge in [-0.25, -0.2) is 17.9 Å². The van der Waals surface area contributed by atoms with E-state index >= 15 is 0 Å². The minimum atomic E-state index is -4.00. The highest BCUT2D eigenvalue weighted by atomic mass is 32.2. The summed E-state index contributed by atoms with van der Waals surface area (Å²) >= 11 is 0. The molecule has 15 heavy (non-hydrogen) atoms. The average Bonchev–Trinajstić information content (AvgIpc) is 2.85. The fourth-order valence-electron chi connectivity index (χ4n) is 1.38. The van der Waals surface area contributed by atoms with E-state index < -0.39 is 27.2 Å². The van der Waals surface area contributed by atoms with Crippen molar-refractivity contribution in [3.05, 3.63) is 12.0 Å². The van der Waals surface area contributed by atoms with Crippen molar-refractivity contribution in [2.45, 2.75) is 30.3 Å². The van der Waals surface area contributed by atoms with Gasteiger partial charge in [-0.05, 0) is 12.8 Å². The number of halogens is 1. The molecule has 2 N–H and O–H groups in total. The number of nitrogens with zero attached hydrogens (tertiary/aromatic N) is 1. The number of nitrogens with two attached hydrogens (primary N) is 1. The Morgan fingerprint density at radius 2 is 2.20 bits per heavy atom. The first-order valence-corrected chi connectivity index (χ1v) is 6.15. The smallest absolute Gasteiger partial charge is 0.221 e. The first kappa shape index (κ1) is 10.7. The number of rotatable bonds is 3. The Balaban J connectivity index is 2.21. The van der Waals surface area contributed by atoms with Gasteiger partial charge in [0.05, 0.1) is 12.3 Å². The van der Waals surface area contributed by atoms with Gasteiger partial charge in [-0.3, -0.25) is 4.99 Å². The fraction of sp³-hybridized carbons (Fsp3) is 0.625. The molecule has 1 heterocycles. The lowest BCUT2D eigenvalue weighted by Gasteiger charge is -2.23. The van der Waals surface area contributed by atoms with Crippen molar-refractivity contribution in [2.24, 2.45) is 10.1 Å². The molecular formula is C8H11FN2O3S. The molecule has 7 heteroatoms. The Morgan fingerprint density at radius 3 is 2.73 bits per heavy atom. The predicted octanol–water partition coefficient (Wildman–Crippen LogP) is 0.0864. The lowest BCUT2D eigenvalue weighted by molar-refractivity contribution is 0.0841. The van der Waals surface area contributed by atoms with E-state index in [4.69, 9.17) is 9.88 Å². The van der Waals surface area contributed by atoms with Crippen LogP contribution in [0.5, 0.6) is 0 Å². The van der Waals surface area contributed by atoms with Gasteiger partial charge in [0.25, 0.3) is 0 Å². The standard InChI is InChI=1S/C8H11FN2O3S/c9-6-3-11-4-7(14-5-1-2-5)8(6)15(10,12)13/h3-5,7-8H,1-2H2,(H2,10,12,13). The molecule has 0 aromatic carbocycles. The molecule has 1 aliphatic heterocycles. The molecule has 84 valence electrons. The third-order valence-corrected chi connectivity index (χ3v) is 3.43. The minimum absolute atomic E-state index is 0.0107. The number of sulfonamides is 1. The van der Waals surface area contributed by atoms with Crippen molar-refractivity contribution in [3.63, 3.8) is 0 Å². The van der Waals surface area contributed by atoms with Crippen molar-refractivity contribution in [3.8, 4) is 0 Å². The van der Waals surface area contributed by atoms with Gasteiger partial charge in [-0.2, -0.15) is 0 Å². The normalized spacial score (nSPS) is 31.5. The van der Waals surface area contributed by atoms with Crippen LogP contribution in [0.2, 0.25) is 0 Å². The molecular weight excluding hydrogens is 223 g/mol. The van der Waals surface area contributed by atoms with Gasteiger partial charge in [0, 0.05) is 6.21 Å². The predicted molar refractivity (Wildman–Crippen MR) is 52.5 cm³/mol. The maximum atomic E-state index is 13.3. The zero-order valence-corrected chi connectivity index (χ0v) is 8.65. The molecule has 5 nitrogen and oxygen atoms in total. The Hall–Kier alpha value is -0.790. The summed E-state index contributed by atoms with van der Waals surface area (Å²) in [6, 6.07) is 0. The minimum Gasteiger partial charge on any atom is -0.367 e. The van der Waals surface area contributed by atoms with E-state index in [1.54, 1.807) is 0 Å². The van der Waals surface area contributed by atoms with Crippen LogP contribution < -0.4 is 5.14 Å². The third-order valence-electron chi connectivity index (χ3n) is 2.23. The van der Waals surface area contributed by atoms with E-state index in [-0.39, 0.29) is 6.10 Å². The maximum Gasteiger partial charge on any atom is 0.221 e. The molecule has 0 saturated heterocycles. The molecule has 0 amide bonds. The molecule has 1 aliphatic carbocycles. The third kappa shape index (κ3) is 2.42. The van der Waals surface area contributed by atoms with Gasteiger partial charge < -0.3 is 4.74 Å². The van der Waals surface area contributed by atoms with Crippen molar-refractivity contribution < 1.29 is 17.5 Å². The van der Waals surface area contributed by atoms with E-state index in [1.807, 2.05) is 0 Å². The fourth-order valence-corrected chi connectivity index (χ4v) is 2.27. The Kier molecular flexibility index (Phi) is 2.61. The molecule has 2 atom stereocenters. The van der Waals surface area contributed by atoms with Gasteiger partial charge in [-0.15, -0.1) is 0 Å². The summed E-state index contributed by atoms with van der Waals surface area (Å²) in [5.41, 5.74) is 0. The van der Waals surface area contributed by atoms with Crippen LogP contribution in [0.25, 0.3) is 0 Å². The van der Waals surface area contributed by atoms with Crippen LogP contribution in [0.1, 0.15) is 12.8 Å². The van der Waals surface area contributed by atoms with E-state index in [2.05, 4.69) is 4.99 Å². The monoisotopic (exact) mass is 234 g/mol. The summed E-state index contributed by atoms with van der Waals surface area (Å²) in [6.45, 7) is 0. The van der Waals surface area contributed by atoms with Crippen molar-refractivity contribution in [1.82, 2.24) is 0 Å². The van der Waals surface area contributed by atoms with Crippen molar-refractivity contribution in [1.29, 1.82) is 0 Å². The van der Waals surface area contributed by atoms with E-state index in [9.17, 15) is 12.8 Å². The van der Waals surface area contributed by atoms with Crippen LogP contribution in [0.3, 0.4) is 0 Å². The lowest BCUT2D eigenvalue weighted by atomic mass is 10.2. The van der Waals surface area contributed by atoms with E-state index in [0.29, 0.717) is 0 Å². The summed E-state index contributed by atoms with van der Waals surface area (Å²) in [7, 11) is -4.00. The molecule has 1 fully saturated rings. The van der Waals surface area contributed by atoms with Gasteiger partial charge in [0.2, 0.25) is 10.0 Å². The second-order valence-corrected chi connectivity index (χ2v) is 5.31. The Bertz CT molecular complexity index is 414. The summed E-state index contributed by atoms with van der Waals surface area (Å²) in [5, 5.41) is 3.49. The quantitative estimate of drug-likeness (QED) is 0.751. The van der Waals surface area contributed by atoms with Crippen LogP contribution in [0.4, 0.5) is 4.39 Å². The number of hydrogen-bond acceptors (Lipinski definition) is 4. The van der Waals surface area contributed by atoms with Gasteiger partial charge >= 0.3 is 0 Å². The van der Waals surface area contributed by atoms with E-state index in [1.165, 1.54) is 6.21 Å². The molecule has 2 rings (SSSR count). The molecule has 0 radical (unpaired) electrons. The van der Waals surface area contributed by atoms with Crippen LogP contribution in [-0.4, -0.2) is 32.1 Å². The Morgan fingerprint density at radius 1 is 1.53 bits per heavy atom. The number of ether oxygens (including phenoxy) is 1. The van der Waals surface area contributed by atoms with Crippen LogP contribution in [-0.2, 0) is 14.8 Å². The number of hydrogen-bond donors (Lipinski definition) is 1. The number of aliphatic imine (C=N–C) groups is 1. The SMILES string of the molecule is NS(=O)(=O)C1C(F)=CN=CC1OC1CC1. The molecule has 0 bridgehead atoms. The highest BCUT2D eigenvalue weighted by Gasteiger charge is 2.39. The first-order chi connectivity index (χ1) is 6.98. The zero-order valence-electron chi connectivity index (χ0n) is 7.84. The molecule has 2 aliphatic rings. The zero-order chi connectivity index (χ0) is 11.1. The maximum absolute atomic E-state index is 13.3. The molecule has 2 unspecified atom stereocenters. The molecule has 0 aromatic rings. The summed E-state index contributed by atoms with van der Waals surface area (Å²) in [6.07, 6.45) is 2.97. The van der Waals surface area contributed by atoms with Gasteiger partial charge in [0.15, 0.2) is 5.25 Å². The van der Waals surface area contributed by atoms with Crippen LogP contribution in [0.15, 0.2) is 17.0 Å². The molecule has 1 saturated carbocycles. The largest absolute Gasteiger partial charge is 0.367 e. The highest BCUT2D eigenvalue weighted by Crippen LogP contribution is 2.29. The summed E-state index contributed by atoms with van der Waals surface area (Å²) < 4.78 is 40.9. The lowest BCUT2D eigenvalue weighted by Crippen LogP contribution is -2.43. The van der Waals surface area contributed by atoms with Crippen LogP contribution >= 0.6 is 0 Å². The summed E-state index contributed by atoms with van der Waals surface area (Å²) in [5.74, 6) is -0.870.